The average molecular weight is 866 g/mol. The SMILES string of the molecule is CCCCCCCCCCC/C=C\C/C=C\CCCCCCCCC(O)C(=O)NC(CS(=O)(=O)O)C(O)/C=C/CCCCCCCCCCCCCCCCCCCCC. The molecule has 3 atom stereocenters. The third kappa shape index (κ3) is 44.6. The minimum atomic E-state index is -4.45. The van der Waals surface area contributed by atoms with Crippen LogP contribution < -0.4 is 5.32 Å². The van der Waals surface area contributed by atoms with Gasteiger partial charge in [-0.1, -0.05) is 249 Å². The zero-order valence-electron chi connectivity index (χ0n) is 39.5. The number of carbonyl (C=O) groups excluding carboxylic acids is 1. The number of rotatable bonds is 47. The minimum absolute atomic E-state index is 0.269. The summed E-state index contributed by atoms with van der Waals surface area (Å²) in [5, 5.41) is 23.6. The highest BCUT2D eigenvalue weighted by Crippen LogP contribution is 2.16. The van der Waals surface area contributed by atoms with Crippen LogP contribution in [0.5, 0.6) is 0 Å². The van der Waals surface area contributed by atoms with Crippen molar-refractivity contribution in [2.45, 2.75) is 283 Å². The Morgan fingerprint density at radius 2 is 0.783 bits per heavy atom. The van der Waals surface area contributed by atoms with E-state index in [2.05, 4.69) is 43.5 Å². The van der Waals surface area contributed by atoms with Gasteiger partial charge in [0, 0.05) is 0 Å². The molecule has 354 valence electrons. The van der Waals surface area contributed by atoms with Gasteiger partial charge in [0.1, 0.15) is 6.10 Å². The second-order valence-corrected chi connectivity index (χ2v) is 19.4. The molecule has 0 saturated heterocycles. The molecule has 0 aromatic carbocycles. The Balaban J connectivity index is 3.92. The molecule has 0 bridgehead atoms. The minimum Gasteiger partial charge on any atom is -0.387 e. The lowest BCUT2D eigenvalue weighted by molar-refractivity contribution is -0.130. The zero-order chi connectivity index (χ0) is 44.0. The van der Waals surface area contributed by atoms with Gasteiger partial charge >= 0.3 is 0 Å². The summed E-state index contributed by atoms with van der Waals surface area (Å²) in [7, 11) is -4.45. The number of aliphatic hydroxyl groups is 2. The number of nitrogens with one attached hydrogen (secondary N) is 1. The molecule has 8 heteroatoms. The van der Waals surface area contributed by atoms with Crippen LogP contribution in [0.3, 0.4) is 0 Å². The van der Waals surface area contributed by atoms with E-state index in [0.717, 1.165) is 64.2 Å². The summed E-state index contributed by atoms with van der Waals surface area (Å²) in [5.41, 5.74) is 0. The van der Waals surface area contributed by atoms with Crippen LogP contribution >= 0.6 is 0 Å². The first kappa shape index (κ1) is 58.5. The van der Waals surface area contributed by atoms with Gasteiger partial charge in [-0.25, -0.2) is 0 Å². The molecule has 3 unspecified atom stereocenters. The molecule has 0 rings (SSSR count). The average Bonchev–Trinajstić information content (AvgIpc) is 3.22. The smallest absolute Gasteiger partial charge is 0.267 e. The number of aliphatic hydroxyl groups excluding tert-OH is 2. The quantitative estimate of drug-likeness (QED) is 0.0274. The lowest BCUT2D eigenvalue weighted by Gasteiger charge is -2.22. The summed E-state index contributed by atoms with van der Waals surface area (Å²) >= 11 is 0. The molecule has 0 aromatic rings. The van der Waals surface area contributed by atoms with Gasteiger partial charge in [-0.05, 0) is 51.4 Å². The summed E-state index contributed by atoms with van der Waals surface area (Å²) in [6, 6.07) is -1.24. The second-order valence-electron chi connectivity index (χ2n) is 17.9. The van der Waals surface area contributed by atoms with Gasteiger partial charge in [-0.3, -0.25) is 9.35 Å². The summed E-state index contributed by atoms with van der Waals surface area (Å²) in [6.07, 6.45) is 57.8. The molecule has 0 spiro atoms. The predicted molar refractivity (Wildman–Crippen MR) is 259 cm³/mol. The molecule has 0 fully saturated rings. The Bertz CT molecular complexity index is 1110. The summed E-state index contributed by atoms with van der Waals surface area (Å²) < 4.78 is 32.7. The molecule has 60 heavy (non-hydrogen) atoms. The van der Waals surface area contributed by atoms with E-state index >= 15 is 0 Å². The molecule has 0 saturated carbocycles. The van der Waals surface area contributed by atoms with Gasteiger partial charge in [-0.2, -0.15) is 8.42 Å². The first-order chi connectivity index (χ1) is 29.2. The van der Waals surface area contributed by atoms with Crippen molar-refractivity contribution in [2.24, 2.45) is 0 Å². The number of hydrogen-bond donors (Lipinski definition) is 4. The normalized spacial score (nSPS) is 13.9. The molecule has 0 radical (unpaired) electrons. The van der Waals surface area contributed by atoms with Crippen LogP contribution in [0.25, 0.3) is 0 Å². The molecule has 0 heterocycles. The van der Waals surface area contributed by atoms with Crippen LogP contribution in [-0.4, -0.2) is 53.1 Å². The number of carbonyl (C=O) groups is 1. The molecular formula is C52H99NO6S. The van der Waals surface area contributed by atoms with E-state index in [1.54, 1.807) is 0 Å². The van der Waals surface area contributed by atoms with Crippen molar-refractivity contribution in [2.75, 3.05) is 5.75 Å². The first-order valence-corrected chi connectivity index (χ1v) is 27.4. The summed E-state index contributed by atoms with van der Waals surface area (Å²) in [4.78, 5) is 12.7. The van der Waals surface area contributed by atoms with Crippen LogP contribution in [0, 0.1) is 0 Å². The monoisotopic (exact) mass is 866 g/mol. The van der Waals surface area contributed by atoms with E-state index in [9.17, 15) is 28.0 Å². The first-order valence-electron chi connectivity index (χ1n) is 25.8. The summed E-state index contributed by atoms with van der Waals surface area (Å²) in [5.74, 6) is -1.54. The van der Waals surface area contributed by atoms with E-state index in [1.807, 2.05) is 6.08 Å². The fraction of sp³-hybridized carbons (Fsp3) is 0.865. The highest BCUT2D eigenvalue weighted by molar-refractivity contribution is 7.85. The van der Waals surface area contributed by atoms with E-state index in [-0.39, 0.29) is 6.42 Å². The second kappa shape index (κ2) is 45.5. The molecule has 0 aliphatic carbocycles. The van der Waals surface area contributed by atoms with Crippen molar-refractivity contribution in [1.29, 1.82) is 0 Å². The number of allylic oxidation sites excluding steroid dienone is 5. The highest BCUT2D eigenvalue weighted by atomic mass is 32.2. The number of amides is 1. The van der Waals surface area contributed by atoms with E-state index in [0.29, 0.717) is 6.42 Å². The van der Waals surface area contributed by atoms with Gasteiger partial charge in [0.2, 0.25) is 5.91 Å². The van der Waals surface area contributed by atoms with Gasteiger partial charge in [0.25, 0.3) is 10.1 Å². The molecular weight excluding hydrogens is 767 g/mol. The maximum absolute atomic E-state index is 12.7. The number of hydrogen-bond acceptors (Lipinski definition) is 5. The molecule has 7 nitrogen and oxygen atoms in total. The maximum atomic E-state index is 12.7. The third-order valence-corrected chi connectivity index (χ3v) is 12.7. The Hall–Kier alpha value is -1.48. The predicted octanol–water partition coefficient (Wildman–Crippen LogP) is 15.0. The Labute approximate surface area is 372 Å². The Morgan fingerprint density at radius 1 is 0.467 bits per heavy atom. The maximum Gasteiger partial charge on any atom is 0.267 e. The zero-order valence-corrected chi connectivity index (χ0v) is 40.3. The fourth-order valence-electron chi connectivity index (χ4n) is 7.96. The van der Waals surface area contributed by atoms with Gasteiger partial charge in [-0.15, -0.1) is 0 Å². The molecule has 0 aliphatic heterocycles. The van der Waals surface area contributed by atoms with Crippen molar-refractivity contribution in [3.63, 3.8) is 0 Å². The van der Waals surface area contributed by atoms with Crippen LogP contribution in [0.15, 0.2) is 36.5 Å². The molecule has 4 N–H and O–H groups in total. The van der Waals surface area contributed by atoms with Gasteiger partial charge < -0.3 is 15.5 Å². The van der Waals surface area contributed by atoms with Crippen LogP contribution in [0.4, 0.5) is 0 Å². The van der Waals surface area contributed by atoms with Crippen molar-refractivity contribution in [3.05, 3.63) is 36.5 Å². The van der Waals surface area contributed by atoms with Gasteiger partial charge in [0.15, 0.2) is 0 Å². The highest BCUT2D eigenvalue weighted by Gasteiger charge is 2.27. The largest absolute Gasteiger partial charge is 0.387 e. The van der Waals surface area contributed by atoms with Crippen molar-refractivity contribution in [3.8, 4) is 0 Å². The third-order valence-electron chi connectivity index (χ3n) is 11.9. The van der Waals surface area contributed by atoms with E-state index in [1.165, 1.54) is 179 Å². The summed E-state index contributed by atoms with van der Waals surface area (Å²) in [6.45, 7) is 4.55. The lowest BCUT2D eigenvalue weighted by Crippen LogP contribution is -2.50. The van der Waals surface area contributed by atoms with E-state index < -0.39 is 40.0 Å². The number of unbranched alkanes of at least 4 members (excludes halogenated alkanes) is 34. The van der Waals surface area contributed by atoms with E-state index in [4.69, 9.17) is 0 Å². The molecule has 1 amide bonds. The van der Waals surface area contributed by atoms with Crippen LogP contribution in [-0.2, 0) is 14.9 Å². The van der Waals surface area contributed by atoms with Crippen LogP contribution in [0.2, 0.25) is 0 Å². The fourth-order valence-corrected chi connectivity index (χ4v) is 8.69. The lowest BCUT2D eigenvalue weighted by atomic mass is 10.0. The molecule has 0 aromatic heterocycles. The standard InChI is InChI=1S/C52H99NO6S/c1-3-5-7-9-11-13-15-17-19-21-23-25-27-29-31-33-35-37-39-41-43-45-47-51(55)52(56)53-49(48-60(57,58)59)50(54)46-44-42-40-38-36-34-32-30-28-26-24-22-20-18-16-14-12-10-8-6-4-2/h23,25,29,31,44,46,49-51,54-55H,3-22,24,26-28,30,32-43,45,47-48H2,1-2H3,(H,53,56)(H,57,58,59)/b25-23-,31-29-,46-44+. The van der Waals surface area contributed by atoms with Crippen molar-refractivity contribution < 1.29 is 28.0 Å². The van der Waals surface area contributed by atoms with Crippen LogP contribution in [0.1, 0.15) is 264 Å². The van der Waals surface area contributed by atoms with Gasteiger partial charge in [0.05, 0.1) is 17.9 Å². The Morgan fingerprint density at radius 3 is 1.13 bits per heavy atom. The Kier molecular flexibility index (Phi) is 44.4. The van der Waals surface area contributed by atoms with Crippen molar-refractivity contribution >= 4 is 16.0 Å². The van der Waals surface area contributed by atoms with Crippen molar-refractivity contribution in [1.82, 2.24) is 5.32 Å². The molecule has 0 aliphatic rings. The topological polar surface area (TPSA) is 124 Å².